The van der Waals surface area contributed by atoms with Crippen LogP contribution in [0.3, 0.4) is 0 Å². The van der Waals surface area contributed by atoms with Gasteiger partial charge in [-0.25, -0.2) is 22.1 Å². The summed E-state index contributed by atoms with van der Waals surface area (Å²) in [6.45, 7) is 2.47. The highest BCUT2D eigenvalue weighted by atomic mass is 32.2. The average molecular weight is 438 g/mol. The highest BCUT2D eigenvalue weighted by Gasteiger charge is 2.29. The minimum absolute atomic E-state index is 0.175. The van der Waals surface area contributed by atoms with E-state index in [0.717, 1.165) is 0 Å². The van der Waals surface area contributed by atoms with Gasteiger partial charge in [0.15, 0.2) is 0 Å². The lowest BCUT2D eigenvalue weighted by Gasteiger charge is -2.29. The molecular formula is C18H20FN5O3S2. The molecule has 2 aromatic heterocycles. The lowest BCUT2D eigenvalue weighted by molar-refractivity contribution is -0.120. The minimum Gasteiger partial charge on any atom is -0.310 e. The number of piperidine rings is 1. The number of carbonyl (C=O) groups is 1. The molecule has 4 rings (SSSR count). The summed E-state index contributed by atoms with van der Waals surface area (Å²) in [7, 11) is -3.24. The van der Waals surface area contributed by atoms with E-state index in [1.807, 2.05) is 6.92 Å². The van der Waals surface area contributed by atoms with Crippen LogP contribution in [0, 0.1) is 18.7 Å². The number of amides is 1. The number of anilines is 1. The first-order valence-corrected chi connectivity index (χ1v) is 11.8. The van der Waals surface area contributed by atoms with Crippen molar-refractivity contribution in [1.29, 1.82) is 0 Å². The molecule has 1 aromatic carbocycles. The second-order valence-electron chi connectivity index (χ2n) is 7.12. The summed E-state index contributed by atoms with van der Waals surface area (Å²) in [4.78, 5) is 17.2. The lowest BCUT2D eigenvalue weighted by Crippen LogP contribution is -2.41. The third kappa shape index (κ3) is 4.16. The van der Waals surface area contributed by atoms with E-state index in [1.54, 1.807) is 16.8 Å². The van der Waals surface area contributed by atoms with Gasteiger partial charge in [-0.1, -0.05) is 11.3 Å². The molecule has 1 saturated heterocycles. The zero-order chi connectivity index (χ0) is 20.8. The molecule has 0 atom stereocenters. The molecule has 11 heteroatoms. The quantitative estimate of drug-likeness (QED) is 0.677. The van der Waals surface area contributed by atoms with Crippen molar-refractivity contribution < 1.29 is 17.6 Å². The Morgan fingerprint density at radius 3 is 2.69 bits per heavy atom. The molecule has 1 fully saturated rings. The van der Waals surface area contributed by atoms with Gasteiger partial charge >= 0.3 is 0 Å². The van der Waals surface area contributed by atoms with Crippen molar-refractivity contribution in [1.82, 2.24) is 19.1 Å². The van der Waals surface area contributed by atoms with E-state index in [0.29, 0.717) is 52.8 Å². The number of rotatable bonds is 4. The number of halogens is 1. The van der Waals surface area contributed by atoms with Crippen molar-refractivity contribution >= 4 is 43.3 Å². The Kier molecular flexibility index (Phi) is 5.13. The van der Waals surface area contributed by atoms with Gasteiger partial charge in [0.05, 0.1) is 22.2 Å². The van der Waals surface area contributed by atoms with E-state index in [2.05, 4.69) is 15.4 Å². The van der Waals surface area contributed by atoms with E-state index < -0.39 is 10.0 Å². The predicted octanol–water partition coefficient (Wildman–Crippen LogP) is 2.54. The van der Waals surface area contributed by atoms with Gasteiger partial charge in [-0.3, -0.25) is 4.79 Å². The molecule has 29 heavy (non-hydrogen) atoms. The Balaban J connectivity index is 1.53. The van der Waals surface area contributed by atoms with Crippen LogP contribution in [0.5, 0.6) is 0 Å². The van der Waals surface area contributed by atoms with E-state index in [1.165, 1.54) is 34.0 Å². The molecule has 1 amide bonds. The second-order valence-corrected chi connectivity index (χ2v) is 10.1. The molecular weight excluding hydrogens is 417 g/mol. The smallest absolute Gasteiger partial charge is 0.228 e. The third-order valence-corrected chi connectivity index (χ3v) is 7.19. The molecule has 0 unspecified atom stereocenters. The number of hydrogen-bond donors (Lipinski definition) is 1. The number of fused-ring (bicyclic) bond motifs is 1. The molecule has 1 aliphatic rings. The largest absolute Gasteiger partial charge is 0.310 e. The maximum atomic E-state index is 13.5. The normalized spacial score (nSPS) is 16.4. The number of thiazole rings is 1. The summed E-state index contributed by atoms with van der Waals surface area (Å²) >= 11 is 1.28. The summed E-state index contributed by atoms with van der Waals surface area (Å²) in [6, 6.07) is 6.12. The maximum Gasteiger partial charge on any atom is 0.228 e. The van der Waals surface area contributed by atoms with Crippen LogP contribution in [0.1, 0.15) is 18.5 Å². The minimum atomic E-state index is -3.24. The molecule has 8 nitrogen and oxygen atoms in total. The van der Waals surface area contributed by atoms with Gasteiger partial charge in [0.1, 0.15) is 11.6 Å². The summed E-state index contributed by atoms with van der Waals surface area (Å²) < 4.78 is 40.4. The number of nitrogens with one attached hydrogen (secondary N) is 1. The Morgan fingerprint density at radius 2 is 2.00 bits per heavy atom. The number of hydrogen-bond acceptors (Lipinski definition) is 6. The molecule has 0 radical (unpaired) electrons. The fourth-order valence-electron chi connectivity index (χ4n) is 3.39. The molecule has 154 valence electrons. The average Bonchev–Trinajstić information content (AvgIpc) is 3.23. The molecule has 0 aliphatic carbocycles. The number of nitrogens with zero attached hydrogens (tertiary/aromatic N) is 4. The Morgan fingerprint density at radius 1 is 1.28 bits per heavy atom. The van der Waals surface area contributed by atoms with Crippen molar-refractivity contribution in [2.45, 2.75) is 19.8 Å². The van der Waals surface area contributed by atoms with Crippen molar-refractivity contribution in [2.24, 2.45) is 5.92 Å². The molecule has 0 spiro atoms. The van der Waals surface area contributed by atoms with Crippen LogP contribution in [0.25, 0.3) is 15.3 Å². The van der Waals surface area contributed by atoms with Gasteiger partial charge in [-0.2, -0.15) is 9.78 Å². The van der Waals surface area contributed by atoms with Gasteiger partial charge in [0.2, 0.25) is 21.1 Å². The van der Waals surface area contributed by atoms with Crippen LogP contribution in [-0.4, -0.2) is 52.7 Å². The Bertz CT molecular complexity index is 1180. The SMILES string of the molecule is Cc1cc(NC(=O)C2CCN(S(C)(=O)=O)CC2)n(-c2nc3ccc(F)cc3s2)n1. The van der Waals surface area contributed by atoms with Crippen LogP contribution in [0.2, 0.25) is 0 Å². The lowest BCUT2D eigenvalue weighted by atomic mass is 9.97. The zero-order valence-electron chi connectivity index (χ0n) is 15.9. The van der Waals surface area contributed by atoms with E-state index in [9.17, 15) is 17.6 Å². The number of aromatic nitrogens is 3. The molecule has 1 N–H and O–H groups in total. The van der Waals surface area contributed by atoms with Crippen molar-refractivity contribution in [3.63, 3.8) is 0 Å². The molecule has 3 heterocycles. The standard InChI is InChI=1S/C18H20FN5O3S2/c1-11-9-16(21-17(25)12-5-7-23(8-6-12)29(2,26)27)24(22-11)18-20-14-4-3-13(19)10-15(14)28-18/h3-4,9-10,12H,5-8H2,1-2H3,(H,21,25). The summed E-state index contributed by atoms with van der Waals surface area (Å²) in [5, 5.41) is 7.83. The summed E-state index contributed by atoms with van der Waals surface area (Å²) in [5.74, 6) is -0.302. The predicted molar refractivity (Wildman–Crippen MR) is 109 cm³/mol. The molecule has 0 bridgehead atoms. The maximum absolute atomic E-state index is 13.5. The van der Waals surface area contributed by atoms with Crippen LogP contribution in [-0.2, 0) is 14.8 Å². The Labute approximate surface area is 171 Å². The summed E-state index contributed by atoms with van der Waals surface area (Å²) in [5.41, 5.74) is 1.36. The van der Waals surface area contributed by atoms with E-state index in [4.69, 9.17) is 0 Å². The monoisotopic (exact) mass is 437 g/mol. The number of benzene rings is 1. The molecule has 3 aromatic rings. The first kappa shape index (κ1) is 19.9. The van der Waals surface area contributed by atoms with Gasteiger partial charge in [0.25, 0.3) is 0 Å². The van der Waals surface area contributed by atoms with Crippen LogP contribution < -0.4 is 5.32 Å². The second kappa shape index (κ2) is 7.47. The Hall–Kier alpha value is -2.37. The fraction of sp³-hybridized carbons (Fsp3) is 0.389. The summed E-state index contributed by atoms with van der Waals surface area (Å²) in [6.07, 6.45) is 2.11. The molecule has 0 saturated carbocycles. The molecule has 1 aliphatic heterocycles. The van der Waals surface area contributed by atoms with Crippen LogP contribution in [0.15, 0.2) is 24.3 Å². The zero-order valence-corrected chi connectivity index (χ0v) is 17.6. The fourth-order valence-corrected chi connectivity index (χ4v) is 5.22. The number of aryl methyl sites for hydroxylation is 1. The van der Waals surface area contributed by atoms with Crippen molar-refractivity contribution in [3.8, 4) is 5.13 Å². The highest BCUT2D eigenvalue weighted by Crippen LogP contribution is 2.28. The van der Waals surface area contributed by atoms with Crippen LogP contribution in [0.4, 0.5) is 10.2 Å². The van der Waals surface area contributed by atoms with Gasteiger partial charge < -0.3 is 5.32 Å². The first-order chi connectivity index (χ1) is 13.7. The first-order valence-electron chi connectivity index (χ1n) is 9.10. The van der Waals surface area contributed by atoms with Gasteiger partial charge in [-0.15, -0.1) is 0 Å². The topological polar surface area (TPSA) is 97.2 Å². The number of sulfonamides is 1. The van der Waals surface area contributed by atoms with E-state index in [-0.39, 0.29) is 17.6 Å². The van der Waals surface area contributed by atoms with Crippen molar-refractivity contribution in [2.75, 3.05) is 24.7 Å². The van der Waals surface area contributed by atoms with Crippen molar-refractivity contribution in [3.05, 3.63) is 35.8 Å². The highest BCUT2D eigenvalue weighted by molar-refractivity contribution is 7.88. The van der Waals surface area contributed by atoms with Gasteiger partial charge in [0, 0.05) is 25.1 Å². The number of carbonyl (C=O) groups excluding carboxylic acids is 1. The van der Waals surface area contributed by atoms with Gasteiger partial charge in [-0.05, 0) is 38.0 Å². The van der Waals surface area contributed by atoms with Crippen LogP contribution >= 0.6 is 11.3 Å². The third-order valence-electron chi connectivity index (χ3n) is 4.90. The van der Waals surface area contributed by atoms with E-state index >= 15 is 0 Å².